The van der Waals surface area contributed by atoms with Gasteiger partial charge in [-0.25, -0.2) is 0 Å². The van der Waals surface area contributed by atoms with Crippen molar-refractivity contribution in [3.05, 3.63) is 82.5 Å². The van der Waals surface area contributed by atoms with Gasteiger partial charge in [0, 0.05) is 28.7 Å². The van der Waals surface area contributed by atoms with Crippen molar-refractivity contribution in [1.82, 2.24) is 4.57 Å². The Labute approximate surface area is 172 Å². The lowest BCUT2D eigenvalue weighted by atomic mass is 9.90. The molecule has 1 aromatic heterocycles. The van der Waals surface area contributed by atoms with Crippen molar-refractivity contribution in [2.75, 3.05) is 0 Å². The van der Waals surface area contributed by atoms with E-state index in [-0.39, 0.29) is 0 Å². The molecule has 0 atom stereocenters. The minimum absolute atomic E-state index is 1.04. The van der Waals surface area contributed by atoms with Crippen LogP contribution < -0.4 is 0 Å². The molecule has 0 spiro atoms. The Hall–Kier alpha value is -3.06. The van der Waals surface area contributed by atoms with Crippen molar-refractivity contribution in [3.63, 3.8) is 0 Å². The molecule has 0 aliphatic heterocycles. The Morgan fingerprint density at radius 2 is 1.66 bits per heavy atom. The summed E-state index contributed by atoms with van der Waals surface area (Å²) in [6, 6.07) is 13.7. The fourth-order valence-electron chi connectivity index (χ4n) is 5.28. The SMILES string of the molecule is C/C=C\C1=C(C)Cc2cc3c(cc21)c(/C=C\C)c(C)c1c2ccccc2n(C)c31. The third-order valence-corrected chi connectivity index (χ3v) is 6.55. The molecule has 0 radical (unpaired) electrons. The Kier molecular flexibility index (Phi) is 4.03. The molecule has 4 aromatic rings. The van der Waals surface area contributed by atoms with Gasteiger partial charge in [0.1, 0.15) is 0 Å². The summed E-state index contributed by atoms with van der Waals surface area (Å²) in [6.07, 6.45) is 9.92. The summed E-state index contributed by atoms with van der Waals surface area (Å²) in [6.45, 7) is 8.77. The van der Waals surface area contributed by atoms with E-state index in [2.05, 4.69) is 100 Å². The zero-order valence-electron chi connectivity index (χ0n) is 17.9. The Morgan fingerprint density at radius 1 is 0.897 bits per heavy atom. The maximum absolute atomic E-state index is 2.46. The second kappa shape index (κ2) is 6.49. The van der Waals surface area contributed by atoms with Crippen molar-refractivity contribution in [3.8, 4) is 0 Å². The zero-order valence-corrected chi connectivity index (χ0v) is 17.9. The van der Waals surface area contributed by atoms with Crippen LogP contribution in [0.1, 0.15) is 43.0 Å². The molecule has 0 bridgehead atoms. The van der Waals surface area contributed by atoms with Crippen LogP contribution in [0.25, 0.3) is 44.2 Å². The second-order valence-corrected chi connectivity index (χ2v) is 8.26. The molecule has 1 aliphatic carbocycles. The highest BCUT2D eigenvalue weighted by Gasteiger charge is 2.22. The minimum Gasteiger partial charge on any atom is -0.343 e. The zero-order chi connectivity index (χ0) is 20.3. The maximum atomic E-state index is 2.46. The molecule has 0 saturated heterocycles. The lowest BCUT2D eigenvalue weighted by molar-refractivity contribution is 1.02. The maximum Gasteiger partial charge on any atom is 0.0571 e. The molecule has 0 unspecified atom stereocenters. The average Bonchev–Trinajstić information content (AvgIpc) is 3.19. The number of fused-ring (bicyclic) bond motifs is 6. The van der Waals surface area contributed by atoms with Gasteiger partial charge in [0.05, 0.1) is 5.52 Å². The predicted molar refractivity (Wildman–Crippen MR) is 128 cm³/mol. The highest BCUT2D eigenvalue weighted by Crippen LogP contribution is 2.43. The lowest BCUT2D eigenvalue weighted by Crippen LogP contribution is -1.95. The summed E-state index contributed by atoms with van der Waals surface area (Å²) in [5, 5.41) is 5.46. The Morgan fingerprint density at radius 3 is 2.41 bits per heavy atom. The molecule has 0 N–H and O–H groups in total. The van der Waals surface area contributed by atoms with Gasteiger partial charge in [-0.1, -0.05) is 48.1 Å². The standard InChI is InChI=1S/C28H27N/c1-6-10-20-17(3)14-19-15-25-24(16-23(19)20)21(11-7-2)18(4)27-22-12-8-9-13-26(22)29(5)28(25)27/h6-13,15-16H,14H2,1-5H3/b10-6-,11-7-. The highest BCUT2D eigenvalue weighted by molar-refractivity contribution is 6.21. The summed E-state index contributed by atoms with van der Waals surface area (Å²) in [5.74, 6) is 0. The van der Waals surface area contributed by atoms with Gasteiger partial charge in [-0.05, 0) is 85.5 Å². The summed E-state index contributed by atoms with van der Waals surface area (Å²) in [4.78, 5) is 0. The van der Waals surface area contributed by atoms with E-state index in [9.17, 15) is 0 Å². The molecule has 3 aromatic carbocycles. The van der Waals surface area contributed by atoms with Crippen molar-refractivity contribution < 1.29 is 0 Å². The molecule has 5 rings (SSSR count). The number of para-hydroxylation sites is 1. The number of rotatable bonds is 2. The summed E-state index contributed by atoms with van der Waals surface area (Å²) in [5.41, 5.74) is 11.1. The molecule has 0 amide bonds. The van der Waals surface area contributed by atoms with Crippen LogP contribution in [-0.2, 0) is 13.5 Å². The number of aryl methyl sites for hydroxylation is 2. The fraction of sp³-hybridized carbons (Fsp3) is 0.214. The van der Waals surface area contributed by atoms with Gasteiger partial charge in [0.25, 0.3) is 0 Å². The van der Waals surface area contributed by atoms with Crippen molar-refractivity contribution >= 4 is 44.2 Å². The number of hydrogen-bond acceptors (Lipinski definition) is 0. The molecule has 1 nitrogen and oxygen atoms in total. The first-order valence-electron chi connectivity index (χ1n) is 10.5. The molecule has 0 fully saturated rings. The van der Waals surface area contributed by atoms with E-state index < -0.39 is 0 Å². The van der Waals surface area contributed by atoms with Gasteiger partial charge in [-0.3, -0.25) is 0 Å². The summed E-state index contributed by atoms with van der Waals surface area (Å²) in [7, 11) is 2.21. The normalized spacial score (nSPS) is 14.5. The van der Waals surface area contributed by atoms with Crippen LogP contribution in [0.15, 0.2) is 60.2 Å². The molecule has 29 heavy (non-hydrogen) atoms. The molecular formula is C28H27N. The van der Waals surface area contributed by atoms with Crippen molar-refractivity contribution in [2.24, 2.45) is 7.05 Å². The van der Waals surface area contributed by atoms with E-state index in [0.717, 1.165) is 6.42 Å². The van der Waals surface area contributed by atoms with Crippen LogP contribution in [0.5, 0.6) is 0 Å². The van der Waals surface area contributed by atoms with Crippen LogP contribution in [0, 0.1) is 6.92 Å². The van der Waals surface area contributed by atoms with Crippen LogP contribution in [-0.4, -0.2) is 4.57 Å². The number of allylic oxidation sites excluding steroid dienone is 5. The van der Waals surface area contributed by atoms with Gasteiger partial charge in [0.15, 0.2) is 0 Å². The summed E-state index contributed by atoms with van der Waals surface area (Å²) >= 11 is 0. The van der Waals surface area contributed by atoms with E-state index in [4.69, 9.17) is 0 Å². The first-order valence-corrected chi connectivity index (χ1v) is 10.5. The van der Waals surface area contributed by atoms with Crippen LogP contribution in [0.4, 0.5) is 0 Å². The smallest absolute Gasteiger partial charge is 0.0571 e. The van der Waals surface area contributed by atoms with E-state index in [1.165, 1.54) is 66.0 Å². The van der Waals surface area contributed by atoms with Crippen molar-refractivity contribution in [1.29, 1.82) is 0 Å². The topological polar surface area (TPSA) is 4.93 Å². The number of hydrogen-bond donors (Lipinski definition) is 0. The molecular weight excluding hydrogens is 350 g/mol. The quantitative estimate of drug-likeness (QED) is 0.337. The van der Waals surface area contributed by atoms with Crippen LogP contribution >= 0.6 is 0 Å². The average molecular weight is 378 g/mol. The molecule has 144 valence electrons. The first kappa shape index (κ1) is 18.0. The Balaban J connectivity index is 2.02. The first-order chi connectivity index (χ1) is 14.1. The third kappa shape index (κ3) is 2.40. The van der Waals surface area contributed by atoms with E-state index >= 15 is 0 Å². The second-order valence-electron chi connectivity index (χ2n) is 8.26. The third-order valence-electron chi connectivity index (χ3n) is 6.55. The fourth-order valence-corrected chi connectivity index (χ4v) is 5.28. The number of benzene rings is 3. The van der Waals surface area contributed by atoms with Gasteiger partial charge in [-0.15, -0.1) is 0 Å². The molecule has 1 aliphatic rings. The Bertz CT molecular complexity index is 1400. The largest absolute Gasteiger partial charge is 0.343 e. The lowest BCUT2D eigenvalue weighted by Gasteiger charge is -2.14. The van der Waals surface area contributed by atoms with Gasteiger partial charge in [0.2, 0.25) is 0 Å². The van der Waals surface area contributed by atoms with Gasteiger partial charge < -0.3 is 4.57 Å². The van der Waals surface area contributed by atoms with Gasteiger partial charge in [-0.2, -0.15) is 0 Å². The monoisotopic (exact) mass is 377 g/mol. The van der Waals surface area contributed by atoms with Gasteiger partial charge >= 0.3 is 0 Å². The summed E-state index contributed by atoms with van der Waals surface area (Å²) < 4.78 is 2.38. The molecule has 0 saturated carbocycles. The molecule has 1 heterocycles. The predicted octanol–water partition coefficient (Wildman–Crippen LogP) is 7.73. The minimum atomic E-state index is 1.04. The van der Waals surface area contributed by atoms with E-state index in [0.29, 0.717) is 0 Å². The van der Waals surface area contributed by atoms with E-state index in [1.807, 2.05) is 0 Å². The highest BCUT2D eigenvalue weighted by atomic mass is 14.9. The van der Waals surface area contributed by atoms with E-state index in [1.54, 1.807) is 0 Å². The number of nitrogens with zero attached hydrogens (tertiary/aromatic N) is 1. The van der Waals surface area contributed by atoms with Crippen LogP contribution in [0.2, 0.25) is 0 Å². The molecule has 1 heteroatoms. The van der Waals surface area contributed by atoms with Crippen molar-refractivity contribution in [2.45, 2.75) is 34.1 Å². The number of aromatic nitrogens is 1. The van der Waals surface area contributed by atoms with Crippen LogP contribution in [0.3, 0.4) is 0 Å².